The average Bonchev–Trinajstić information content (AvgIpc) is 2.96. The van der Waals surface area contributed by atoms with Gasteiger partial charge < -0.3 is 10.6 Å². The normalized spacial score (nSPS) is 34.4. The Labute approximate surface area is 124 Å². The number of rotatable bonds is 5. The second-order valence-electron chi connectivity index (χ2n) is 7.24. The van der Waals surface area contributed by atoms with Crippen LogP contribution < -0.4 is 10.6 Å². The molecule has 0 aromatic heterocycles. The third-order valence-electron chi connectivity index (χ3n) is 5.84. The van der Waals surface area contributed by atoms with Crippen molar-refractivity contribution in [3.8, 4) is 0 Å². The van der Waals surface area contributed by atoms with Crippen molar-refractivity contribution in [2.24, 2.45) is 23.2 Å². The van der Waals surface area contributed by atoms with Gasteiger partial charge in [-0.15, -0.1) is 0 Å². The van der Waals surface area contributed by atoms with Crippen LogP contribution in [-0.2, 0) is 4.79 Å². The molecule has 1 aliphatic carbocycles. The van der Waals surface area contributed by atoms with E-state index in [4.69, 9.17) is 0 Å². The van der Waals surface area contributed by atoms with E-state index < -0.39 is 0 Å². The number of amides is 1. The van der Waals surface area contributed by atoms with Gasteiger partial charge in [0.1, 0.15) is 0 Å². The highest BCUT2D eigenvalue weighted by Gasteiger charge is 2.43. The maximum atomic E-state index is 12.6. The van der Waals surface area contributed by atoms with Crippen LogP contribution in [0.25, 0.3) is 0 Å². The van der Waals surface area contributed by atoms with Gasteiger partial charge in [0.2, 0.25) is 5.91 Å². The summed E-state index contributed by atoms with van der Waals surface area (Å²) in [5.41, 5.74) is -0.166. The molecule has 1 unspecified atom stereocenters. The summed E-state index contributed by atoms with van der Waals surface area (Å²) >= 11 is 0. The molecule has 1 heterocycles. The molecule has 2 N–H and O–H groups in total. The zero-order chi connectivity index (χ0) is 14.6. The minimum Gasteiger partial charge on any atom is -0.355 e. The molecule has 0 aromatic rings. The predicted molar refractivity (Wildman–Crippen MR) is 83.5 cm³/mol. The molecule has 0 bridgehead atoms. The van der Waals surface area contributed by atoms with E-state index in [1.54, 1.807) is 0 Å². The number of nitrogens with one attached hydrogen (secondary N) is 2. The van der Waals surface area contributed by atoms with E-state index in [9.17, 15) is 4.79 Å². The fourth-order valence-electron chi connectivity index (χ4n) is 3.92. The van der Waals surface area contributed by atoms with Gasteiger partial charge in [-0.2, -0.15) is 0 Å². The number of carbonyl (C=O) groups excluding carboxylic acids is 1. The van der Waals surface area contributed by atoms with E-state index in [1.807, 2.05) is 0 Å². The van der Waals surface area contributed by atoms with Crippen LogP contribution in [-0.4, -0.2) is 25.5 Å². The Hall–Kier alpha value is -0.570. The second-order valence-corrected chi connectivity index (χ2v) is 7.24. The Kier molecular flexibility index (Phi) is 5.48. The molecule has 3 heteroatoms. The molecular formula is C17H32N2O. The quantitative estimate of drug-likeness (QED) is 0.813. The highest BCUT2D eigenvalue weighted by Crippen LogP contribution is 2.35. The van der Waals surface area contributed by atoms with Crippen molar-refractivity contribution in [2.75, 3.05) is 19.6 Å². The van der Waals surface area contributed by atoms with Crippen molar-refractivity contribution in [2.45, 2.75) is 59.3 Å². The molecular weight excluding hydrogens is 248 g/mol. The van der Waals surface area contributed by atoms with Crippen LogP contribution >= 0.6 is 0 Å². The first-order chi connectivity index (χ1) is 9.58. The van der Waals surface area contributed by atoms with Gasteiger partial charge in [-0.3, -0.25) is 4.79 Å². The van der Waals surface area contributed by atoms with Gasteiger partial charge in [0, 0.05) is 13.1 Å². The monoisotopic (exact) mass is 280 g/mol. The first-order valence-corrected chi connectivity index (χ1v) is 8.57. The van der Waals surface area contributed by atoms with Crippen LogP contribution in [0.15, 0.2) is 0 Å². The molecule has 0 radical (unpaired) electrons. The fraction of sp³-hybridized carbons (Fsp3) is 0.941. The number of carbonyl (C=O) groups is 1. The lowest BCUT2D eigenvalue weighted by Gasteiger charge is -2.33. The van der Waals surface area contributed by atoms with E-state index >= 15 is 0 Å². The number of hydrogen-bond acceptors (Lipinski definition) is 2. The molecule has 1 amide bonds. The minimum atomic E-state index is -0.166. The molecule has 116 valence electrons. The summed E-state index contributed by atoms with van der Waals surface area (Å²) in [5.74, 6) is 2.34. The molecule has 0 aromatic carbocycles. The van der Waals surface area contributed by atoms with E-state index in [2.05, 4.69) is 31.4 Å². The molecule has 1 atom stereocenters. The average molecular weight is 280 g/mol. The van der Waals surface area contributed by atoms with E-state index in [1.165, 1.54) is 32.1 Å². The summed E-state index contributed by atoms with van der Waals surface area (Å²) in [5, 5.41) is 6.64. The van der Waals surface area contributed by atoms with Gasteiger partial charge in [0.25, 0.3) is 0 Å². The van der Waals surface area contributed by atoms with Crippen LogP contribution in [0.2, 0.25) is 0 Å². The van der Waals surface area contributed by atoms with Gasteiger partial charge >= 0.3 is 0 Å². The van der Waals surface area contributed by atoms with Gasteiger partial charge in [0.05, 0.1) is 5.41 Å². The standard InChI is InChI=1S/C17H32N2O/c1-4-14-5-7-15(8-6-14)11-19-16(20)17(13(2)3)9-10-18-12-17/h13-15,18H,4-12H2,1-3H3,(H,19,20). The Morgan fingerprint density at radius 1 is 1.25 bits per heavy atom. The second kappa shape index (κ2) is 6.93. The first kappa shape index (κ1) is 15.8. The predicted octanol–water partition coefficient (Wildman–Crippen LogP) is 2.95. The third-order valence-corrected chi connectivity index (χ3v) is 5.84. The molecule has 2 rings (SSSR count). The SMILES string of the molecule is CCC1CCC(CNC(=O)C2(C(C)C)CCNC2)CC1. The van der Waals surface area contributed by atoms with Crippen molar-refractivity contribution in [3.05, 3.63) is 0 Å². The zero-order valence-electron chi connectivity index (χ0n) is 13.5. The van der Waals surface area contributed by atoms with Crippen molar-refractivity contribution < 1.29 is 4.79 Å². The highest BCUT2D eigenvalue weighted by molar-refractivity contribution is 5.83. The van der Waals surface area contributed by atoms with E-state index in [-0.39, 0.29) is 11.3 Å². The van der Waals surface area contributed by atoms with Crippen LogP contribution in [0.5, 0.6) is 0 Å². The van der Waals surface area contributed by atoms with Gasteiger partial charge in [-0.25, -0.2) is 0 Å². The first-order valence-electron chi connectivity index (χ1n) is 8.57. The lowest BCUT2D eigenvalue weighted by molar-refractivity contribution is -0.132. The van der Waals surface area contributed by atoms with Crippen molar-refractivity contribution in [1.82, 2.24) is 10.6 Å². The molecule has 1 aliphatic heterocycles. The summed E-state index contributed by atoms with van der Waals surface area (Å²) in [6, 6.07) is 0. The Balaban J connectivity index is 1.80. The molecule has 2 fully saturated rings. The van der Waals surface area contributed by atoms with Crippen molar-refractivity contribution in [1.29, 1.82) is 0 Å². The summed E-state index contributed by atoms with van der Waals surface area (Å²) in [6.45, 7) is 9.38. The largest absolute Gasteiger partial charge is 0.355 e. The van der Waals surface area contributed by atoms with Crippen LogP contribution in [0, 0.1) is 23.2 Å². The fourth-order valence-corrected chi connectivity index (χ4v) is 3.92. The van der Waals surface area contributed by atoms with E-state index in [0.717, 1.165) is 32.0 Å². The maximum absolute atomic E-state index is 12.6. The summed E-state index contributed by atoms with van der Waals surface area (Å²) in [7, 11) is 0. The van der Waals surface area contributed by atoms with Crippen LogP contribution in [0.3, 0.4) is 0 Å². The molecule has 0 spiro atoms. The van der Waals surface area contributed by atoms with Crippen LogP contribution in [0.1, 0.15) is 59.3 Å². The van der Waals surface area contributed by atoms with E-state index in [0.29, 0.717) is 11.8 Å². The molecule has 20 heavy (non-hydrogen) atoms. The smallest absolute Gasteiger partial charge is 0.227 e. The summed E-state index contributed by atoms with van der Waals surface area (Å²) in [4.78, 5) is 12.6. The Morgan fingerprint density at radius 2 is 1.90 bits per heavy atom. The van der Waals surface area contributed by atoms with Crippen molar-refractivity contribution in [3.63, 3.8) is 0 Å². The van der Waals surface area contributed by atoms with Crippen molar-refractivity contribution >= 4 is 5.91 Å². The summed E-state index contributed by atoms with van der Waals surface area (Å²) < 4.78 is 0. The highest BCUT2D eigenvalue weighted by atomic mass is 16.2. The molecule has 1 saturated heterocycles. The molecule has 1 saturated carbocycles. The lowest BCUT2D eigenvalue weighted by Crippen LogP contribution is -2.47. The molecule has 3 nitrogen and oxygen atoms in total. The van der Waals surface area contributed by atoms with Gasteiger partial charge in [-0.05, 0) is 43.6 Å². The Bertz CT molecular complexity index is 313. The van der Waals surface area contributed by atoms with Gasteiger partial charge in [-0.1, -0.05) is 40.0 Å². The minimum absolute atomic E-state index is 0.166. The maximum Gasteiger partial charge on any atom is 0.227 e. The third kappa shape index (κ3) is 3.36. The zero-order valence-corrected chi connectivity index (χ0v) is 13.5. The number of hydrogen-bond donors (Lipinski definition) is 2. The van der Waals surface area contributed by atoms with Crippen LogP contribution in [0.4, 0.5) is 0 Å². The van der Waals surface area contributed by atoms with Gasteiger partial charge in [0.15, 0.2) is 0 Å². The molecule has 2 aliphatic rings. The summed E-state index contributed by atoms with van der Waals surface area (Å²) in [6.07, 6.45) is 7.61. The topological polar surface area (TPSA) is 41.1 Å². The lowest BCUT2D eigenvalue weighted by atomic mass is 9.75. The Morgan fingerprint density at radius 3 is 2.40 bits per heavy atom.